The number of amides is 1. The van der Waals surface area contributed by atoms with Crippen LogP contribution in [0.2, 0.25) is 5.02 Å². The number of hydrogen-bond acceptors (Lipinski definition) is 4. The zero-order chi connectivity index (χ0) is 20.5. The number of morpholine rings is 1. The summed E-state index contributed by atoms with van der Waals surface area (Å²) in [6.07, 6.45) is -0.396. The lowest BCUT2D eigenvalue weighted by Crippen LogP contribution is -2.48. The van der Waals surface area contributed by atoms with Crippen molar-refractivity contribution in [2.75, 3.05) is 18.4 Å². The van der Waals surface area contributed by atoms with Crippen LogP contribution < -0.4 is 5.32 Å². The third-order valence-corrected chi connectivity index (χ3v) is 6.48. The van der Waals surface area contributed by atoms with Crippen molar-refractivity contribution in [3.8, 4) is 0 Å². The molecule has 0 aliphatic carbocycles. The number of anilines is 1. The Morgan fingerprint density at radius 1 is 1.14 bits per heavy atom. The molecule has 1 aliphatic rings. The van der Waals surface area contributed by atoms with Crippen molar-refractivity contribution >= 4 is 33.2 Å². The molecule has 1 saturated heterocycles. The molecule has 9 heteroatoms. The fraction of sp³-hybridized carbons (Fsp3) is 0.316. The number of hydrogen-bond donors (Lipinski definition) is 1. The van der Waals surface area contributed by atoms with Crippen molar-refractivity contribution in [1.82, 2.24) is 4.31 Å². The summed E-state index contributed by atoms with van der Waals surface area (Å²) in [6, 6.07) is 9.78. The van der Waals surface area contributed by atoms with Crippen LogP contribution in [-0.4, -0.2) is 43.9 Å². The second-order valence-corrected chi connectivity index (χ2v) is 9.00. The minimum absolute atomic E-state index is 0.0505. The van der Waals surface area contributed by atoms with Crippen LogP contribution in [0.3, 0.4) is 0 Å². The van der Waals surface area contributed by atoms with Crippen LogP contribution in [0.1, 0.15) is 24.2 Å². The zero-order valence-electron chi connectivity index (χ0n) is 15.4. The highest BCUT2D eigenvalue weighted by Crippen LogP contribution is 2.24. The van der Waals surface area contributed by atoms with Gasteiger partial charge in [0.15, 0.2) is 5.82 Å². The van der Waals surface area contributed by atoms with Crippen LogP contribution in [0.4, 0.5) is 10.1 Å². The van der Waals surface area contributed by atoms with Crippen molar-refractivity contribution in [1.29, 1.82) is 0 Å². The maximum atomic E-state index is 13.9. The first-order valence-electron chi connectivity index (χ1n) is 8.69. The number of rotatable bonds is 4. The summed E-state index contributed by atoms with van der Waals surface area (Å²) in [5.41, 5.74) is 0.146. The molecule has 1 amide bonds. The van der Waals surface area contributed by atoms with E-state index in [1.54, 1.807) is 0 Å². The van der Waals surface area contributed by atoms with Crippen LogP contribution in [0.5, 0.6) is 0 Å². The highest BCUT2D eigenvalue weighted by Gasteiger charge is 2.32. The van der Waals surface area contributed by atoms with Crippen LogP contribution in [0, 0.1) is 5.82 Å². The first-order valence-corrected chi connectivity index (χ1v) is 10.5. The SMILES string of the molecule is CC1CN(S(=O)(=O)c2ccc(C(=O)Nc3cccc(Cl)c3F)cc2)CC(C)O1. The van der Waals surface area contributed by atoms with Gasteiger partial charge in [0.05, 0.1) is 27.8 Å². The molecular formula is C19H20ClFN2O4S. The molecule has 6 nitrogen and oxygen atoms in total. The average Bonchev–Trinajstić information content (AvgIpc) is 2.64. The number of nitrogens with zero attached hydrogens (tertiary/aromatic N) is 1. The van der Waals surface area contributed by atoms with Crippen molar-refractivity contribution in [2.45, 2.75) is 31.0 Å². The zero-order valence-corrected chi connectivity index (χ0v) is 16.9. The number of benzene rings is 2. The normalized spacial score (nSPS) is 20.7. The molecule has 150 valence electrons. The van der Waals surface area contributed by atoms with Gasteiger partial charge < -0.3 is 10.1 Å². The lowest BCUT2D eigenvalue weighted by atomic mass is 10.2. The Morgan fingerprint density at radius 2 is 1.75 bits per heavy atom. The van der Waals surface area contributed by atoms with E-state index < -0.39 is 21.7 Å². The number of carbonyl (C=O) groups is 1. The Morgan fingerprint density at radius 3 is 2.36 bits per heavy atom. The Bertz CT molecular complexity index is 972. The summed E-state index contributed by atoms with van der Waals surface area (Å²) in [7, 11) is -3.70. The van der Waals surface area contributed by atoms with Gasteiger partial charge in [0.1, 0.15) is 0 Å². The van der Waals surface area contributed by atoms with Gasteiger partial charge in [0.25, 0.3) is 5.91 Å². The van der Waals surface area contributed by atoms with Gasteiger partial charge in [-0.3, -0.25) is 4.79 Å². The molecule has 0 saturated carbocycles. The topological polar surface area (TPSA) is 75.7 Å². The maximum Gasteiger partial charge on any atom is 0.255 e. The largest absolute Gasteiger partial charge is 0.373 e. The van der Waals surface area contributed by atoms with E-state index in [1.807, 2.05) is 13.8 Å². The number of sulfonamides is 1. The van der Waals surface area contributed by atoms with E-state index in [9.17, 15) is 17.6 Å². The van der Waals surface area contributed by atoms with Crippen LogP contribution in [0.25, 0.3) is 0 Å². The Balaban J connectivity index is 1.77. The molecule has 0 radical (unpaired) electrons. The van der Waals surface area contributed by atoms with Crippen LogP contribution in [0.15, 0.2) is 47.4 Å². The monoisotopic (exact) mass is 426 g/mol. The second-order valence-electron chi connectivity index (χ2n) is 6.66. The van der Waals surface area contributed by atoms with E-state index in [1.165, 1.54) is 46.8 Å². The first-order chi connectivity index (χ1) is 13.2. The van der Waals surface area contributed by atoms with Gasteiger partial charge in [-0.1, -0.05) is 17.7 Å². The summed E-state index contributed by atoms with van der Waals surface area (Å²) in [5, 5.41) is 2.32. The van der Waals surface area contributed by atoms with Gasteiger partial charge in [-0.15, -0.1) is 0 Å². The molecule has 2 aromatic carbocycles. The summed E-state index contributed by atoms with van der Waals surface area (Å²) < 4.78 is 46.6. The quantitative estimate of drug-likeness (QED) is 0.811. The molecule has 1 heterocycles. The summed E-state index contributed by atoms with van der Waals surface area (Å²) in [6.45, 7) is 4.17. The Kier molecular flexibility index (Phi) is 6.04. The average molecular weight is 427 g/mol. The van der Waals surface area contributed by atoms with E-state index >= 15 is 0 Å². The molecule has 28 heavy (non-hydrogen) atoms. The van der Waals surface area contributed by atoms with E-state index in [0.717, 1.165) is 0 Å². The van der Waals surface area contributed by atoms with Gasteiger partial charge >= 0.3 is 0 Å². The lowest BCUT2D eigenvalue weighted by molar-refractivity contribution is -0.0440. The van der Waals surface area contributed by atoms with Gasteiger partial charge in [-0.25, -0.2) is 12.8 Å². The van der Waals surface area contributed by atoms with Crippen LogP contribution >= 0.6 is 11.6 Å². The molecular weight excluding hydrogens is 407 g/mol. The fourth-order valence-electron chi connectivity index (χ4n) is 3.05. The van der Waals surface area contributed by atoms with Gasteiger partial charge in [-0.05, 0) is 50.2 Å². The van der Waals surface area contributed by atoms with Gasteiger partial charge in [0.2, 0.25) is 10.0 Å². The predicted molar refractivity (Wildman–Crippen MR) is 105 cm³/mol. The van der Waals surface area contributed by atoms with Crippen molar-refractivity contribution in [3.05, 3.63) is 58.9 Å². The smallest absolute Gasteiger partial charge is 0.255 e. The molecule has 0 spiro atoms. The number of halogens is 2. The molecule has 1 aliphatic heterocycles. The first kappa shape index (κ1) is 20.7. The molecule has 2 unspecified atom stereocenters. The van der Waals surface area contributed by atoms with E-state index in [4.69, 9.17) is 16.3 Å². The number of carbonyl (C=O) groups excluding carboxylic acids is 1. The van der Waals surface area contributed by atoms with E-state index in [-0.39, 0.29) is 46.5 Å². The van der Waals surface area contributed by atoms with E-state index in [0.29, 0.717) is 0 Å². The van der Waals surface area contributed by atoms with Gasteiger partial charge in [0, 0.05) is 18.7 Å². The summed E-state index contributed by atoms with van der Waals surface area (Å²) >= 11 is 5.70. The Labute approximate surface area is 168 Å². The third kappa shape index (κ3) is 4.35. The second kappa shape index (κ2) is 8.16. The number of ether oxygens (including phenoxy) is 1. The molecule has 2 atom stereocenters. The highest BCUT2D eigenvalue weighted by molar-refractivity contribution is 7.89. The molecule has 0 aromatic heterocycles. The lowest BCUT2D eigenvalue weighted by Gasteiger charge is -2.34. The summed E-state index contributed by atoms with van der Waals surface area (Å²) in [5.74, 6) is -1.30. The predicted octanol–water partition coefficient (Wildman–Crippen LogP) is 3.53. The maximum absolute atomic E-state index is 13.9. The molecule has 2 aromatic rings. The highest BCUT2D eigenvalue weighted by atomic mass is 35.5. The minimum atomic E-state index is -3.70. The molecule has 1 fully saturated rings. The fourth-order valence-corrected chi connectivity index (χ4v) is 4.81. The van der Waals surface area contributed by atoms with Crippen molar-refractivity contribution in [3.63, 3.8) is 0 Å². The standard InChI is InChI=1S/C19H20ClFN2O4S/c1-12-10-23(11-13(2)27-12)28(25,26)15-8-6-14(7-9-15)19(24)22-17-5-3-4-16(20)18(17)21/h3-9,12-13H,10-11H2,1-2H3,(H,22,24). The molecule has 3 rings (SSSR count). The number of nitrogens with one attached hydrogen (secondary N) is 1. The molecule has 1 N–H and O–H groups in total. The minimum Gasteiger partial charge on any atom is -0.373 e. The Hall–Kier alpha value is -2.00. The third-order valence-electron chi connectivity index (χ3n) is 4.34. The van der Waals surface area contributed by atoms with Crippen LogP contribution in [-0.2, 0) is 14.8 Å². The summed E-state index contributed by atoms with van der Waals surface area (Å²) in [4.78, 5) is 12.4. The van der Waals surface area contributed by atoms with E-state index in [2.05, 4.69) is 5.32 Å². The van der Waals surface area contributed by atoms with Crippen molar-refractivity contribution in [2.24, 2.45) is 0 Å². The van der Waals surface area contributed by atoms with Crippen molar-refractivity contribution < 1.29 is 22.3 Å². The van der Waals surface area contributed by atoms with Gasteiger partial charge in [-0.2, -0.15) is 4.31 Å². The molecule has 0 bridgehead atoms.